The Kier molecular flexibility index (Phi) is 4.45. The minimum atomic E-state index is -1.10. The van der Waals surface area contributed by atoms with Crippen LogP contribution in [0, 0.1) is 0 Å². The first kappa shape index (κ1) is 13.0. The molecule has 0 saturated heterocycles. The molecule has 0 spiro atoms. The van der Waals surface area contributed by atoms with Crippen LogP contribution in [0.15, 0.2) is 23.3 Å². The molecule has 0 bridgehead atoms. The molecule has 0 aliphatic carbocycles. The number of aromatic nitrogens is 1. The first-order valence-corrected chi connectivity index (χ1v) is 5.27. The van der Waals surface area contributed by atoms with E-state index in [9.17, 15) is 14.4 Å². The van der Waals surface area contributed by atoms with E-state index in [1.54, 1.807) is 0 Å². The van der Waals surface area contributed by atoms with Crippen molar-refractivity contribution >= 4 is 11.9 Å². The molecule has 0 fully saturated rings. The standard InChI is InChI=1S/C11H14N2O4/c1-2-3-8(11(16)17)13-10(15)7-6-12-5-4-9(7)14/h4-6,8H,2-3H2,1H3,(H,12,14)(H,13,15)(H,16,17). The summed E-state index contributed by atoms with van der Waals surface area (Å²) in [6.45, 7) is 1.82. The molecule has 92 valence electrons. The number of rotatable bonds is 5. The molecule has 1 amide bonds. The zero-order chi connectivity index (χ0) is 12.8. The van der Waals surface area contributed by atoms with Crippen LogP contribution in [0.5, 0.6) is 0 Å². The summed E-state index contributed by atoms with van der Waals surface area (Å²) >= 11 is 0. The van der Waals surface area contributed by atoms with Crippen LogP contribution in [0.3, 0.4) is 0 Å². The van der Waals surface area contributed by atoms with Crippen molar-refractivity contribution in [1.29, 1.82) is 0 Å². The van der Waals surface area contributed by atoms with E-state index in [-0.39, 0.29) is 5.56 Å². The summed E-state index contributed by atoms with van der Waals surface area (Å²) in [7, 11) is 0. The van der Waals surface area contributed by atoms with Gasteiger partial charge in [0.05, 0.1) is 0 Å². The van der Waals surface area contributed by atoms with Crippen molar-refractivity contribution in [3.05, 3.63) is 34.2 Å². The number of carbonyl (C=O) groups excluding carboxylic acids is 1. The predicted molar refractivity (Wildman–Crippen MR) is 60.9 cm³/mol. The van der Waals surface area contributed by atoms with Crippen LogP contribution in [-0.4, -0.2) is 28.0 Å². The number of aliphatic carboxylic acids is 1. The molecule has 1 atom stereocenters. The predicted octanol–water partition coefficient (Wildman–Crippen LogP) is 0.358. The lowest BCUT2D eigenvalue weighted by Crippen LogP contribution is -2.42. The van der Waals surface area contributed by atoms with Crippen LogP contribution in [0.1, 0.15) is 30.1 Å². The van der Waals surface area contributed by atoms with E-state index < -0.39 is 23.3 Å². The Hall–Kier alpha value is -2.11. The molecule has 6 heteroatoms. The van der Waals surface area contributed by atoms with Gasteiger partial charge >= 0.3 is 5.97 Å². The number of carboxylic acids is 1. The number of nitrogens with one attached hydrogen (secondary N) is 2. The highest BCUT2D eigenvalue weighted by atomic mass is 16.4. The third-order valence-electron chi connectivity index (χ3n) is 2.25. The summed E-state index contributed by atoms with van der Waals surface area (Å²) in [6, 6.07) is 0.247. The number of H-pyrrole nitrogens is 1. The Morgan fingerprint density at radius 3 is 2.76 bits per heavy atom. The monoisotopic (exact) mass is 238 g/mol. The largest absolute Gasteiger partial charge is 0.480 e. The van der Waals surface area contributed by atoms with Gasteiger partial charge in [-0.3, -0.25) is 9.59 Å². The fourth-order valence-corrected chi connectivity index (χ4v) is 1.38. The van der Waals surface area contributed by atoms with Crippen molar-refractivity contribution in [1.82, 2.24) is 10.3 Å². The molecule has 6 nitrogen and oxygen atoms in total. The van der Waals surface area contributed by atoms with Crippen LogP contribution in [-0.2, 0) is 4.79 Å². The zero-order valence-corrected chi connectivity index (χ0v) is 9.40. The van der Waals surface area contributed by atoms with Crippen molar-refractivity contribution in [3.63, 3.8) is 0 Å². The van der Waals surface area contributed by atoms with Gasteiger partial charge in [-0.2, -0.15) is 0 Å². The van der Waals surface area contributed by atoms with Gasteiger partial charge in [0.2, 0.25) is 0 Å². The fourth-order valence-electron chi connectivity index (χ4n) is 1.38. The normalized spacial score (nSPS) is 11.8. The van der Waals surface area contributed by atoms with Gasteiger partial charge in [0.25, 0.3) is 5.91 Å². The lowest BCUT2D eigenvalue weighted by Gasteiger charge is -2.12. The maximum absolute atomic E-state index is 11.7. The molecule has 0 radical (unpaired) electrons. The Morgan fingerprint density at radius 2 is 2.24 bits per heavy atom. The summed E-state index contributed by atoms with van der Waals surface area (Å²) in [5.41, 5.74) is -0.531. The number of carbonyl (C=O) groups is 2. The third-order valence-corrected chi connectivity index (χ3v) is 2.25. The maximum atomic E-state index is 11.7. The molecule has 0 aliphatic heterocycles. The molecule has 1 heterocycles. The Bertz CT molecular complexity index is 467. The van der Waals surface area contributed by atoms with Crippen LogP contribution in [0.25, 0.3) is 0 Å². The van der Waals surface area contributed by atoms with E-state index in [4.69, 9.17) is 5.11 Å². The molecule has 0 aliphatic rings. The van der Waals surface area contributed by atoms with Crippen LogP contribution >= 0.6 is 0 Å². The van der Waals surface area contributed by atoms with Gasteiger partial charge in [0.15, 0.2) is 5.43 Å². The molecule has 0 aromatic carbocycles. The van der Waals surface area contributed by atoms with E-state index in [2.05, 4.69) is 10.3 Å². The fraction of sp³-hybridized carbons (Fsp3) is 0.364. The molecule has 1 rings (SSSR count). The van der Waals surface area contributed by atoms with E-state index in [0.717, 1.165) is 0 Å². The minimum absolute atomic E-state index is 0.0881. The minimum Gasteiger partial charge on any atom is -0.480 e. The summed E-state index contributed by atoms with van der Waals surface area (Å²) in [5.74, 6) is -1.78. The SMILES string of the molecule is CCCC(NC(=O)c1c[nH]ccc1=O)C(=O)O. The van der Waals surface area contributed by atoms with Crippen LogP contribution in [0.4, 0.5) is 0 Å². The van der Waals surface area contributed by atoms with Crippen LogP contribution in [0.2, 0.25) is 0 Å². The molecule has 0 saturated carbocycles. The number of hydrogen-bond donors (Lipinski definition) is 3. The van der Waals surface area contributed by atoms with Crippen molar-refractivity contribution in [3.8, 4) is 0 Å². The highest BCUT2D eigenvalue weighted by molar-refractivity contribution is 5.96. The Labute approximate surface area is 97.7 Å². The maximum Gasteiger partial charge on any atom is 0.326 e. The number of aromatic amines is 1. The van der Waals surface area contributed by atoms with E-state index >= 15 is 0 Å². The highest BCUT2D eigenvalue weighted by Gasteiger charge is 2.20. The van der Waals surface area contributed by atoms with Gasteiger partial charge in [0.1, 0.15) is 11.6 Å². The lowest BCUT2D eigenvalue weighted by atomic mass is 10.1. The van der Waals surface area contributed by atoms with Gasteiger partial charge in [-0.25, -0.2) is 4.79 Å². The third kappa shape index (κ3) is 3.44. The summed E-state index contributed by atoms with van der Waals surface area (Å²) in [6.07, 6.45) is 3.61. The van der Waals surface area contributed by atoms with E-state index in [1.807, 2.05) is 6.92 Å². The van der Waals surface area contributed by atoms with Gasteiger partial charge in [-0.05, 0) is 6.42 Å². The second kappa shape index (κ2) is 5.83. The number of hydrogen-bond acceptors (Lipinski definition) is 3. The average molecular weight is 238 g/mol. The summed E-state index contributed by atoms with van der Waals surface area (Å²) < 4.78 is 0. The van der Waals surface area contributed by atoms with E-state index in [0.29, 0.717) is 12.8 Å². The molecule has 1 aromatic heterocycles. The van der Waals surface area contributed by atoms with Crippen molar-refractivity contribution in [2.45, 2.75) is 25.8 Å². The van der Waals surface area contributed by atoms with Gasteiger partial charge < -0.3 is 15.4 Å². The topological polar surface area (TPSA) is 99.3 Å². The first-order valence-electron chi connectivity index (χ1n) is 5.27. The lowest BCUT2D eigenvalue weighted by molar-refractivity contribution is -0.139. The quantitative estimate of drug-likeness (QED) is 0.689. The number of pyridine rings is 1. The molecular formula is C11H14N2O4. The second-order valence-corrected chi connectivity index (χ2v) is 3.58. The van der Waals surface area contributed by atoms with Crippen LogP contribution < -0.4 is 10.7 Å². The summed E-state index contributed by atoms with van der Waals surface area (Å²) in [4.78, 5) is 36.5. The van der Waals surface area contributed by atoms with Crippen molar-refractivity contribution in [2.24, 2.45) is 0 Å². The first-order chi connectivity index (χ1) is 8.06. The smallest absolute Gasteiger partial charge is 0.326 e. The molecule has 1 aromatic rings. The summed E-state index contributed by atoms with van der Waals surface area (Å²) in [5, 5.41) is 11.2. The molecular weight excluding hydrogens is 224 g/mol. The number of carboxylic acid groups (broad SMARTS) is 1. The second-order valence-electron chi connectivity index (χ2n) is 3.58. The zero-order valence-electron chi connectivity index (χ0n) is 9.40. The van der Waals surface area contributed by atoms with Gasteiger partial charge in [-0.15, -0.1) is 0 Å². The average Bonchev–Trinajstić information content (AvgIpc) is 2.28. The highest BCUT2D eigenvalue weighted by Crippen LogP contribution is 1.98. The van der Waals surface area contributed by atoms with Gasteiger partial charge in [-0.1, -0.05) is 13.3 Å². The number of amides is 1. The van der Waals surface area contributed by atoms with E-state index in [1.165, 1.54) is 18.5 Å². The molecule has 17 heavy (non-hydrogen) atoms. The molecule has 1 unspecified atom stereocenters. The van der Waals surface area contributed by atoms with Crippen molar-refractivity contribution < 1.29 is 14.7 Å². The Balaban J connectivity index is 2.81. The van der Waals surface area contributed by atoms with Crippen molar-refractivity contribution in [2.75, 3.05) is 0 Å². The molecule has 3 N–H and O–H groups in total. The van der Waals surface area contributed by atoms with Gasteiger partial charge in [0, 0.05) is 18.5 Å². The Morgan fingerprint density at radius 1 is 1.53 bits per heavy atom.